The van der Waals surface area contributed by atoms with Gasteiger partial charge in [0.05, 0.1) is 0 Å². The Morgan fingerprint density at radius 1 is 1.54 bits per heavy atom. The van der Waals surface area contributed by atoms with Crippen LogP contribution in [0.4, 0.5) is 0 Å². The molecule has 3 saturated carbocycles. The van der Waals surface area contributed by atoms with Crippen molar-refractivity contribution in [3.63, 3.8) is 0 Å². The lowest BCUT2D eigenvalue weighted by molar-refractivity contribution is -0.154. The van der Waals surface area contributed by atoms with Crippen molar-refractivity contribution in [2.75, 3.05) is 0 Å². The molecule has 0 spiro atoms. The lowest BCUT2D eigenvalue weighted by Crippen LogP contribution is -2.51. The first-order chi connectivity index (χ1) is 6.08. The fourth-order valence-electron chi connectivity index (χ4n) is 2.70. The molecule has 3 fully saturated rings. The van der Waals surface area contributed by atoms with Crippen molar-refractivity contribution in [2.45, 2.75) is 26.2 Å². The molecule has 3 atom stereocenters. The molecule has 0 aromatic heterocycles. The van der Waals surface area contributed by atoms with Gasteiger partial charge in [-0.2, -0.15) is 0 Å². The van der Waals surface area contributed by atoms with Crippen LogP contribution in [0.5, 0.6) is 0 Å². The summed E-state index contributed by atoms with van der Waals surface area (Å²) in [5.41, 5.74) is -0.370. The highest BCUT2D eigenvalue weighted by atomic mass is 16.2. The van der Waals surface area contributed by atoms with Crippen molar-refractivity contribution in [2.24, 2.45) is 17.3 Å². The molecular weight excluding hydrogens is 164 g/mol. The maximum Gasteiger partial charge on any atom is 0.204 e. The van der Waals surface area contributed by atoms with E-state index in [4.69, 9.17) is 0 Å². The Morgan fingerprint density at radius 3 is 2.77 bits per heavy atom. The zero-order valence-corrected chi connectivity index (χ0v) is 7.88. The summed E-state index contributed by atoms with van der Waals surface area (Å²) < 4.78 is 0. The molecule has 0 aromatic carbocycles. The van der Waals surface area contributed by atoms with Gasteiger partial charge in [0.15, 0.2) is 0 Å². The molecule has 0 aromatic rings. The number of Topliss-reactive ketones (excluding diaryl/α,β-unsaturated/α-hetero) is 2. The van der Waals surface area contributed by atoms with E-state index in [9.17, 15) is 9.59 Å². The van der Waals surface area contributed by atoms with Crippen LogP contribution in [0, 0.1) is 17.3 Å². The molecule has 0 saturated heterocycles. The van der Waals surface area contributed by atoms with E-state index >= 15 is 0 Å². The van der Waals surface area contributed by atoms with Crippen molar-refractivity contribution in [3.8, 4) is 0 Å². The van der Waals surface area contributed by atoms with Crippen molar-refractivity contribution in [1.82, 2.24) is 0 Å². The molecule has 0 aliphatic heterocycles. The maximum absolute atomic E-state index is 11.6. The van der Waals surface area contributed by atoms with E-state index < -0.39 is 0 Å². The van der Waals surface area contributed by atoms with Crippen LogP contribution in [-0.4, -0.2) is 11.6 Å². The van der Waals surface area contributed by atoms with Crippen LogP contribution >= 0.6 is 0 Å². The first-order valence-electron chi connectivity index (χ1n) is 4.80. The second kappa shape index (κ2) is 2.53. The van der Waals surface area contributed by atoms with E-state index in [2.05, 4.69) is 6.58 Å². The number of carbonyl (C=O) groups excluding carboxylic acids is 2. The molecular formula is C11H14O2. The van der Waals surface area contributed by atoms with Gasteiger partial charge in [-0.3, -0.25) is 9.59 Å². The average Bonchev–Trinajstić information content (AvgIpc) is 2.13. The van der Waals surface area contributed by atoms with Gasteiger partial charge >= 0.3 is 0 Å². The van der Waals surface area contributed by atoms with E-state index in [0.717, 1.165) is 19.3 Å². The molecule has 0 radical (unpaired) electrons. The van der Waals surface area contributed by atoms with Crippen molar-refractivity contribution in [1.29, 1.82) is 0 Å². The minimum absolute atomic E-state index is 0.0492. The summed E-state index contributed by atoms with van der Waals surface area (Å²) in [6.07, 6.45) is 4.42. The van der Waals surface area contributed by atoms with Crippen LogP contribution in [0.1, 0.15) is 26.2 Å². The van der Waals surface area contributed by atoms with Gasteiger partial charge < -0.3 is 0 Å². The Labute approximate surface area is 78.0 Å². The normalized spacial score (nSPS) is 43.8. The number of hydrogen-bond donors (Lipinski definition) is 0. The molecule has 2 heteroatoms. The van der Waals surface area contributed by atoms with E-state index in [1.165, 1.54) is 0 Å². The van der Waals surface area contributed by atoms with Crippen LogP contribution in [0.15, 0.2) is 12.7 Å². The van der Waals surface area contributed by atoms with Crippen LogP contribution in [0.2, 0.25) is 0 Å². The molecule has 0 N–H and O–H groups in total. The zero-order chi connectivity index (χ0) is 9.64. The number of allylic oxidation sites excluding steroid dienone is 1. The van der Waals surface area contributed by atoms with Gasteiger partial charge in [0.25, 0.3) is 0 Å². The highest BCUT2D eigenvalue weighted by molar-refractivity contribution is 6.41. The molecule has 2 bridgehead atoms. The quantitative estimate of drug-likeness (QED) is 0.453. The van der Waals surface area contributed by atoms with Crippen molar-refractivity contribution in [3.05, 3.63) is 12.7 Å². The minimum Gasteiger partial charge on any atom is -0.291 e. The van der Waals surface area contributed by atoms with E-state index in [-0.39, 0.29) is 28.8 Å². The summed E-state index contributed by atoms with van der Waals surface area (Å²) in [6.45, 7) is 5.65. The number of hydrogen-bond acceptors (Lipinski definition) is 2. The Kier molecular flexibility index (Phi) is 1.69. The molecule has 0 heterocycles. The summed E-state index contributed by atoms with van der Waals surface area (Å²) >= 11 is 0. The third-order valence-electron chi connectivity index (χ3n) is 3.62. The van der Waals surface area contributed by atoms with Crippen molar-refractivity contribution < 1.29 is 9.59 Å². The molecule has 2 nitrogen and oxygen atoms in total. The van der Waals surface area contributed by atoms with Crippen LogP contribution in [0.3, 0.4) is 0 Å². The maximum atomic E-state index is 11.6. The van der Waals surface area contributed by atoms with Crippen LogP contribution in [0.25, 0.3) is 0 Å². The highest BCUT2D eigenvalue weighted by Crippen LogP contribution is 2.49. The predicted molar refractivity (Wildman–Crippen MR) is 49.1 cm³/mol. The number of fused-ring (bicyclic) bond motifs is 3. The number of ketones is 2. The standard InChI is InChI=1S/C11H14O2/c1-3-7-6-11(2)5-4-8(7)9(12)10(11)13/h3,7-8H,1,4-6H2,2H3. The first kappa shape index (κ1) is 8.67. The number of carbonyl (C=O) groups is 2. The van der Waals surface area contributed by atoms with E-state index in [1.807, 2.05) is 13.0 Å². The lowest BCUT2D eigenvalue weighted by atomic mass is 9.56. The number of rotatable bonds is 1. The molecule has 3 aliphatic rings. The predicted octanol–water partition coefficient (Wildman–Crippen LogP) is 1.75. The molecule has 3 rings (SSSR count). The first-order valence-corrected chi connectivity index (χ1v) is 4.80. The van der Waals surface area contributed by atoms with Crippen LogP contribution < -0.4 is 0 Å². The molecule has 0 amide bonds. The van der Waals surface area contributed by atoms with E-state index in [1.54, 1.807) is 0 Å². The van der Waals surface area contributed by atoms with Gasteiger partial charge in [-0.15, -0.1) is 6.58 Å². The second-order valence-electron chi connectivity index (χ2n) is 4.50. The Balaban J connectivity index is 2.38. The molecule has 3 aliphatic carbocycles. The lowest BCUT2D eigenvalue weighted by Gasteiger charge is -2.45. The fraction of sp³-hybridized carbons (Fsp3) is 0.636. The monoisotopic (exact) mass is 178 g/mol. The van der Waals surface area contributed by atoms with Gasteiger partial charge in [-0.1, -0.05) is 13.0 Å². The summed E-state index contributed by atoms with van der Waals surface area (Å²) in [5.74, 6) is -0.0949. The Morgan fingerprint density at radius 2 is 2.23 bits per heavy atom. The average molecular weight is 178 g/mol. The van der Waals surface area contributed by atoms with Gasteiger partial charge in [0.1, 0.15) is 0 Å². The topological polar surface area (TPSA) is 34.1 Å². The zero-order valence-electron chi connectivity index (χ0n) is 7.88. The van der Waals surface area contributed by atoms with E-state index in [0.29, 0.717) is 0 Å². The fourth-order valence-corrected chi connectivity index (χ4v) is 2.70. The Hall–Kier alpha value is -0.920. The summed E-state index contributed by atoms with van der Waals surface area (Å²) in [4.78, 5) is 23.2. The Bertz CT molecular complexity index is 292. The molecule has 70 valence electrons. The van der Waals surface area contributed by atoms with Crippen LogP contribution in [-0.2, 0) is 9.59 Å². The van der Waals surface area contributed by atoms with Gasteiger partial charge in [0.2, 0.25) is 11.6 Å². The summed E-state index contributed by atoms with van der Waals surface area (Å²) in [7, 11) is 0. The SMILES string of the molecule is C=CC1CC2(C)CCC1C(=O)C2=O. The summed E-state index contributed by atoms with van der Waals surface area (Å²) in [6, 6.07) is 0. The van der Waals surface area contributed by atoms with Gasteiger partial charge in [-0.05, 0) is 25.2 Å². The largest absolute Gasteiger partial charge is 0.291 e. The summed E-state index contributed by atoms with van der Waals surface area (Å²) in [5, 5.41) is 0. The van der Waals surface area contributed by atoms with Gasteiger partial charge in [-0.25, -0.2) is 0 Å². The van der Waals surface area contributed by atoms with Crippen molar-refractivity contribution >= 4 is 11.6 Å². The second-order valence-corrected chi connectivity index (χ2v) is 4.50. The smallest absolute Gasteiger partial charge is 0.204 e. The third-order valence-corrected chi connectivity index (χ3v) is 3.62. The third kappa shape index (κ3) is 1.01. The minimum atomic E-state index is -0.370. The molecule has 3 unspecified atom stereocenters. The molecule has 13 heavy (non-hydrogen) atoms. The van der Waals surface area contributed by atoms with Gasteiger partial charge in [0, 0.05) is 11.3 Å². The highest BCUT2D eigenvalue weighted by Gasteiger charge is 2.53.